The van der Waals surface area contributed by atoms with Gasteiger partial charge in [0, 0.05) is 19.8 Å². The number of rotatable bonds is 6. The summed E-state index contributed by atoms with van der Waals surface area (Å²) >= 11 is 0. The highest BCUT2D eigenvalue weighted by Gasteiger charge is 2.15. The van der Waals surface area contributed by atoms with Gasteiger partial charge in [0.25, 0.3) is 0 Å². The minimum Gasteiger partial charge on any atom is -0.376 e. The normalized spacial score (nSPS) is 11.0. The number of hydrogen-bond donors (Lipinski definition) is 1. The summed E-state index contributed by atoms with van der Waals surface area (Å²) in [6.45, 7) is 0.169. The molecule has 122 valence electrons. The van der Waals surface area contributed by atoms with Crippen LogP contribution in [0.2, 0.25) is 0 Å². The molecule has 0 saturated heterocycles. The van der Waals surface area contributed by atoms with Gasteiger partial charge in [0.05, 0.1) is 17.2 Å². The fourth-order valence-electron chi connectivity index (χ4n) is 2.04. The van der Waals surface area contributed by atoms with Crippen molar-refractivity contribution in [3.8, 4) is 0 Å². The number of nitrogens with one attached hydrogen (secondary N) is 1. The van der Waals surface area contributed by atoms with E-state index in [0.29, 0.717) is 10.5 Å². The number of carbonyl (C=O) groups is 1. The molecule has 0 unspecified atom stereocenters. The van der Waals surface area contributed by atoms with Crippen LogP contribution in [0.4, 0.5) is 5.69 Å². The smallest absolute Gasteiger partial charge is 0.241 e. The zero-order valence-electron chi connectivity index (χ0n) is 13.2. The van der Waals surface area contributed by atoms with E-state index in [4.69, 9.17) is 0 Å². The number of amides is 1. The molecule has 0 aromatic heterocycles. The molecule has 6 heteroatoms. The van der Waals surface area contributed by atoms with Crippen molar-refractivity contribution in [2.24, 2.45) is 0 Å². The summed E-state index contributed by atoms with van der Waals surface area (Å²) < 4.78 is 24.8. The zero-order chi connectivity index (χ0) is 16.9. The molecule has 2 aromatic rings. The van der Waals surface area contributed by atoms with Crippen molar-refractivity contribution in [3.05, 3.63) is 60.2 Å². The van der Waals surface area contributed by atoms with Gasteiger partial charge in [0.2, 0.25) is 5.91 Å². The van der Waals surface area contributed by atoms with Crippen molar-refractivity contribution in [2.45, 2.75) is 10.6 Å². The first-order valence-corrected chi connectivity index (χ1v) is 8.84. The van der Waals surface area contributed by atoms with E-state index in [-0.39, 0.29) is 18.2 Å². The minimum absolute atomic E-state index is 0.0488. The van der Waals surface area contributed by atoms with E-state index in [0.717, 1.165) is 5.69 Å². The van der Waals surface area contributed by atoms with Gasteiger partial charge in [0.15, 0.2) is 9.84 Å². The highest BCUT2D eigenvalue weighted by Crippen LogP contribution is 2.18. The Labute approximate surface area is 136 Å². The highest BCUT2D eigenvalue weighted by atomic mass is 32.2. The molecule has 2 aromatic carbocycles. The minimum atomic E-state index is -3.38. The van der Waals surface area contributed by atoms with E-state index in [2.05, 4.69) is 5.32 Å². The molecule has 23 heavy (non-hydrogen) atoms. The van der Waals surface area contributed by atoms with Crippen LogP contribution in [0.25, 0.3) is 0 Å². The number of nitrogens with zero attached hydrogens (tertiary/aromatic N) is 1. The number of likely N-dealkylation sites (N-methyl/N-ethyl adjacent to an activating group) is 1. The topological polar surface area (TPSA) is 66.5 Å². The van der Waals surface area contributed by atoms with Gasteiger partial charge in [-0.15, -0.1) is 0 Å². The van der Waals surface area contributed by atoms with Gasteiger partial charge < -0.3 is 10.2 Å². The number of carbonyl (C=O) groups excluding carboxylic acids is 1. The van der Waals surface area contributed by atoms with Crippen LogP contribution in [-0.2, 0) is 20.4 Å². The second-order valence-corrected chi connectivity index (χ2v) is 7.40. The largest absolute Gasteiger partial charge is 0.376 e. The molecule has 5 nitrogen and oxygen atoms in total. The van der Waals surface area contributed by atoms with Crippen LogP contribution >= 0.6 is 0 Å². The van der Waals surface area contributed by atoms with Crippen LogP contribution in [0.3, 0.4) is 0 Å². The lowest BCUT2D eigenvalue weighted by molar-refractivity contribution is -0.126. The van der Waals surface area contributed by atoms with E-state index in [9.17, 15) is 13.2 Å². The Balaban J connectivity index is 2.10. The van der Waals surface area contributed by atoms with Crippen molar-refractivity contribution in [2.75, 3.05) is 26.0 Å². The predicted molar refractivity (Wildman–Crippen MR) is 91.0 cm³/mol. The molecule has 0 aliphatic heterocycles. The fraction of sp³-hybridized carbons (Fsp3) is 0.235. The SMILES string of the molecule is CN(C)C(=O)CNc1cccc(CS(=O)(=O)c2ccccc2)c1. The molecule has 0 spiro atoms. The molecule has 1 amide bonds. The summed E-state index contributed by atoms with van der Waals surface area (Å²) in [5.41, 5.74) is 1.40. The molecule has 0 aliphatic rings. The van der Waals surface area contributed by atoms with Gasteiger partial charge in [0.1, 0.15) is 0 Å². The van der Waals surface area contributed by atoms with Crippen molar-refractivity contribution >= 4 is 21.4 Å². The molecule has 2 rings (SSSR count). The second-order valence-electron chi connectivity index (χ2n) is 5.41. The molecule has 1 N–H and O–H groups in total. The monoisotopic (exact) mass is 332 g/mol. The molecular weight excluding hydrogens is 312 g/mol. The first-order valence-electron chi connectivity index (χ1n) is 7.19. The zero-order valence-corrected chi connectivity index (χ0v) is 14.0. The Morgan fingerprint density at radius 3 is 2.39 bits per heavy atom. The Hall–Kier alpha value is -2.34. The van der Waals surface area contributed by atoms with Gasteiger partial charge in [-0.05, 0) is 29.8 Å². The van der Waals surface area contributed by atoms with Crippen LogP contribution in [0.5, 0.6) is 0 Å². The van der Waals surface area contributed by atoms with Crippen molar-refractivity contribution < 1.29 is 13.2 Å². The summed E-state index contributed by atoms with van der Waals surface area (Å²) in [4.78, 5) is 13.4. The summed E-state index contributed by atoms with van der Waals surface area (Å²) in [7, 11) is -0.00301. The Kier molecular flexibility index (Phi) is 5.39. The van der Waals surface area contributed by atoms with Gasteiger partial charge in [-0.2, -0.15) is 0 Å². The lowest BCUT2D eigenvalue weighted by Gasteiger charge is -2.12. The Morgan fingerprint density at radius 2 is 1.74 bits per heavy atom. The average Bonchev–Trinajstić information content (AvgIpc) is 2.53. The van der Waals surface area contributed by atoms with Gasteiger partial charge in [-0.25, -0.2) is 8.42 Å². The van der Waals surface area contributed by atoms with Crippen molar-refractivity contribution in [1.29, 1.82) is 0 Å². The Bertz CT molecular complexity index is 771. The van der Waals surface area contributed by atoms with Gasteiger partial charge in [-0.3, -0.25) is 4.79 Å². The van der Waals surface area contributed by atoms with E-state index < -0.39 is 9.84 Å². The van der Waals surface area contributed by atoms with E-state index in [1.165, 1.54) is 4.90 Å². The molecule has 0 aliphatic carbocycles. The number of hydrogen-bond acceptors (Lipinski definition) is 4. The summed E-state index contributed by atoms with van der Waals surface area (Å²) in [5.74, 6) is -0.124. The third-order valence-electron chi connectivity index (χ3n) is 3.33. The standard InChI is InChI=1S/C17H20N2O3S/c1-19(2)17(20)12-18-15-8-6-7-14(11-15)13-23(21,22)16-9-4-3-5-10-16/h3-11,18H,12-13H2,1-2H3. The predicted octanol–water partition coefficient (Wildman–Crippen LogP) is 2.16. The maximum absolute atomic E-state index is 12.4. The number of benzene rings is 2. The average molecular weight is 332 g/mol. The van der Waals surface area contributed by atoms with E-state index in [1.807, 2.05) is 6.07 Å². The van der Waals surface area contributed by atoms with Crippen molar-refractivity contribution in [1.82, 2.24) is 4.90 Å². The highest BCUT2D eigenvalue weighted by molar-refractivity contribution is 7.90. The molecular formula is C17H20N2O3S. The maximum atomic E-state index is 12.4. The first-order chi connectivity index (χ1) is 10.9. The third kappa shape index (κ3) is 4.82. The van der Waals surface area contributed by atoms with Crippen LogP contribution in [0, 0.1) is 0 Å². The van der Waals surface area contributed by atoms with Crippen molar-refractivity contribution in [3.63, 3.8) is 0 Å². The van der Waals surface area contributed by atoms with E-state index >= 15 is 0 Å². The molecule has 0 saturated carbocycles. The lowest BCUT2D eigenvalue weighted by Crippen LogP contribution is -2.28. The quantitative estimate of drug-likeness (QED) is 0.880. The Morgan fingerprint density at radius 1 is 1.04 bits per heavy atom. The lowest BCUT2D eigenvalue weighted by atomic mass is 10.2. The van der Waals surface area contributed by atoms with E-state index in [1.54, 1.807) is 62.6 Å². The molecule has 0 radical (unpaired) electrons. The van der Waals surface area contributed by atoms with Crippen LogP contribution < -0.4 is 5.32 Å². The van der Waals surface area contributed by atoms with Gasteiger partial charge >= 0.3 is 0 Å². The summed E-state index contributed by atoms with van der Waals surface area (Å²) in [5, 5.41) is 3.01. The summed E-state index contributed by atoms with van der Waals surface area (Å²) in [6.07, 6.45) is 0. The maximum Gasteiger partial charge on any atom is 0.241 e. The van der Waals surface area contributed by atoms with Crippen LogP contribution in [0.15, 0.2) is 59.5 Å². The third-order valence-corrected chi connectivity index (χ3v) is 5.03. The summed E-state index contributed by atoms with van der Waals surface area (Å²) in [6, 6.07) is 15.5. The molecule has 0 fully saturated rings. The van der Waals surface area contributed by atoms with Gasteiger partial charge in [-0.1, -0.05) is 30.3 Å². The van der Waals surface area contributed by atoms with Crippen LogP contribution in [0.1, 0.15) is 5.56 Å². The van der Waals surface area contributed by atoms with Crippen LogP contribution in [-0.4, -0.2) is 39.9 Å². The molecule has 0 atom stereocenters. The first kappa shape index (κ1) is 17.0. The fourth-order valence-corrected chi connectivity index (χ4v) is 3.39. The number of sulfone groups is 1. The second kappa shape index (κ2) is 7.28. The molecule has 0 bridgehead atoms. The molecule has 0 heterocycles. The number of anilines is 1.